The molecule has 4 rings (SSSR count). The van der Waals surface area contributed by atoms with Crippen molar-refractivity contribution in [3.63, 3.8) is 0 Å². The summed E-state index contributed by atoms with van der Waals surface area (Å²) < 4.78 is 0. The van der Waals surface area contributed by atoms with Gasteiger partial charge >= 0.3 is 0 Å². The molecule has 5 atom stereocenters. The van der Waals surface area contributed by atoms with Crippen molar-refractivity contribution >= 4 is 35.0 Å². The molecule has 1 aromatic carbocycles. The number of hydrogen-bond donors (Lipinski definition) is 2. The van der Waals surface area contributed by atoms with Gasteiger partial charge < -0.3 is 10.6 Å². The number of imide groups is 1. The van der Waals surface area contributed by atoms with Gasteiger partial charge in [-0.2, -0.15) is 0 Å². The molecular formula is C21H27ClN3O3+. The Bertz CT molecular complexity index is 870. The summed E-state index contributed by atoms with van der Waals surface area (Å²) in [6.07, 6.45) is 1.45. The van der Waals surface area contributed by atoms with E-state index in [1.54, 1.807) is 18.2 Å². The lowest BCUT2D eigenvalue weighted by molar-refractivity contribution is -0.734. The summed E-state index contributed by atoms with van der Waals surface area (Å²) in [6, 6.07) is 4.97. The quantitative estimate of drug-likeness (QED) is 0.751. The van der Waals surface area contributed by atoms with Crippen LogP contribution in [0.25, 0.3) is 0 Å². The van der Waals surface area contributed by atoms with E-state index >= 15 is 0 Å². The molecule has 3 heterocycles. The molecule has 3 aliphatic heterocycles. The number of benzene rings is 1. The fourth-order valence-electron chi connectivity index (χ4n) is 5.33. The van der Waals surface area contributed by atoms with Gasteiger partial charge in [-0.3, -0.25) is 19.3 Å². The molecule has 0 aliphatic carbocycles. The van der Waals surface area contributed by atoms with Gasteiger partial charge in [-0.1, -0.05) is 32.4 Å². The highest BCUT2D eigenvalue weighted by Crippen LogP contribution is 2.50. The second-order valence-corrected chi connectivity index (χ2v) is 9.22. The van der Waals surface area contributed by atoms with E-state index in [1.165, 1.54) is 4.90 Å². The maximum atomic E-state index is 13.5. The molecule has 0 bridgehead atoms. The van der Waals surface area contributed by atoms with Crippen LogP contribution in [0.2, 0.25) is 5.02 Å². The SMILES string of the molecule is CC[C@H](C)N1C(=O)[C@@H]2[C@H](CC(C)C)[NH2+][C@@]3(C(=O)Nc4ccc(Cl)cc43)[C@@H]2C1=O. The van der Waals surface area contributed by atoms with Crippen LogP contribution in [0, 0.1) is 17.8 Å². The highest BCUT2D eigenvalue weighted by atomic mass is 35.5. The Labute approximate surface area is 170 Å². The molecule has 7 heteroatoms. The van der Waals surface area contributed by atoms with Gasteiger partial charge in [-0.25, -0.2) is 0 Å². The number of anilines is 1. The highest BCUT2D eigenvalue weighted by molar-refractivity contribution is 6.31. The van der Waals surface area contributed by atoms with Crippen molar-refractivity contribution in [3.8, 4) is 0 Å². The van der Waals surface area contributed by atoms with Crippen molar-refractivity contribution in [2.45, 2.75) is 58.2 Å². The second-order valence-electron chi connectivity index (χ2n) is 8.78. The van der Waals surface area contributed by atoms with Crippen molar-refractivity contribution in [2.24, 2.45) is 17.8 Å². The van der Waals surface area contributed by atoms with E-state index in [0.29, 0.717) is 23.0 Å². The molecular weight excluding hydrogens is 378 g/mol. The van der Waals surface area contributed by atoms with E-state index in [-0.39, 0.29) is 29.8 Å². The van der Waals surface area contributed by atoms with Crippen molar-refractivity contribution in [1.29, 1.82) is 0 Å². The summed E-state index contributed by atoms with van der Waals surface area (Å²) in [5, 5.41) is 5.42. The Kier molecular flexibility index (Phi) is 4.55. The van der Waals surface area contributed by atoms with E-state index in [2.05, 4.69) is 19.2 Å². The van der Waals surface area contributed by atoms with Gasteiger partial charge in [0, 0.05) is 23.0 Å². The van der Waals surface area contributed by atoms with Gasteiger partial charge in [-0.15, -0.1) is 0 Å². The minimum atomic E-state index is -1.13. The van der Waals surface area contributed by atoms with Crippen LogP contribution in [0.5, 0.6) is 0 Å². The van der Waals surface area contributed by atoms with E-state index in [4.69, 9.17) is 11.6 Å². The van der Waals surface area contributed by atoms with E-state index in [0.717, 1.165) is 12.0 Å². The number of amides is 3. The zero-order valence-electron chi connectivity index (χ0n) is 16.7. The minimum absolute atomic E-state index is 0.119. The number of carbonyl (C=O) groups excluding carboxylic acids is 3. The smallest absolute Gasteiger partial charge is 0.291 e. The largest absolute Gasteiger partial charge is 0.326 e. The number of fused-ring (bicyclic) bond motifs is 4. The van der Waals surface area contributed by atoms with Gasteiger partial charge in [0.1, 0.15) is 17.9 Å². The first kappa shape index (κ1) is 19.4. The fourth-order valence-corrected chi connectivity index (χ4v) is 5.51. The maximum absolute atomic E-state index is 13.5. The topological polar surface area (TPSA) is 83.1 Å². The van der Waals surface area contributed by atoms with Gasteiger partial charge in [-0.05, 0) is 37.5 Å². The lowest BCUT2D eigenvalue weighted by Gasteiger charge is -2.29. The zero-order chi connectivity index (χ0) is 20.4. The predicted octanol–water partition coefficient (Wildman–Crippen LogP) is 1.88. The zero-order valence-corrected chi connectivity index (χ0v) is 17.4. The molecule has 3 aliphatic rings. The number of hydrogen-bond acceptors (Lipinski definition) is 3. The summed E-state index contributed by atoms with van der Waals surface area (Å²) in [5.41, 5.74) is 0.273. The lowest BCUT2D eigenvalue weighted by atomic mass is 9.76. The molecule has 28 heavy (non-hydrogen) atoms. The van der Waals surface area contributed by atoms with Crippen LogP contribution in [0.4, 0.5) is 5.69 Å². The van der Waals surface area contributed by atoms with E-state index in [1.807, 2.05) is 19.2 Å². The summed E-state index contributed by atoms with van der Waals surface area (Å²) in [7, 11) is 0. The Morgan fingerprint density at radius 1 is 1.21 bits per heavy atom. The standard InChI is InChI=1S/C21H26ClN3O3/c1-5-11(4)25-18(26)16-15(8-10(2)3)24-21(17(16)19(25)27)13-9-12(22)6-7-14(13)23-20(21)28/h6-7,9-11,15-17,24H,5,8H2,1-4H3,(H,23,28)/p+1/t11-,15-,16+,17-,21+/m0/s1. The molecule has 0 radical (unpaired) electrons. The van der Waals surface area contributed by atoms with Crippen molar-refractivity contribution in [1.82, 2.24) is 4.90 Å². The number of carbonyl (C=O) groups is 3. The van der Waals surface area contributed by atoms with Gasteiger partial charge in [0.2, 0.25) is 17.4 Å². The third kappa shape index (κ3) is 2.47. The molecule has 0 unspecified atom stereocenters. The molecule has 0 saturated carbocycles. The number of quaternary nitrogens is 1. The minimum Gasteiger partial charge on any atom is -0.326 e. The first-order chi connectivity index (χ1) is 13.2. The van der Waals surface area contributed by atoms with Gasteiger partial charge in [0.15, 0.2) is 0 Å². The van der Waals surface area contributed by atoms with Crippen LogP contribution >= 0.6 is 11.6 Å². The Morgan fingerprint density at radius 2 is 1.93 bits per heavy atom. The average molecular weight is 405 g/mol. The first-order valence-corrected chi connectivity index (χ1v) is 10.4. The van der Waals surface area contributed by atoms with Crippen LogP contribution in [-0.2, 0) is 19.9 Å². The number of nitrogens with one attached hydrogen (secondary N) is 1. The fraction of sp³-hybridized carbons (Fsp3) is 0.571. The normalized spacial score (nSPS) is 32.3. The third-order valence-corrected chi connectivity index (χ3v) is 6.88. The van der Waals surface area contributed by atoms with Gasteiger partial charge in [0.05, 0.1) is 5.69 Å². The van der Waals surface area contributed by atoms with Crippen LogP contribution in [-0.4, -0.2) is 34.7 Å². The van der Waals surface area contributed by atoms with E-state index in [9.17, 15) is 14.4 Å². The van der Waals surface area contributed by atoms with Crippen molar-refractivity contribution < 1.29 is 19.7 Å². The molecule has 2 fully saturated rings. The highest BCUT2D eigenvalue weighted by Gasteiger charge is 2.74. The van der Waals surface area contributed by atoms with Crippen LogP contribution in [0.3, 0.4) is 0 Å². The molecule has 150 valence electrons. The number of nitrogens with zero attached hydrogens (tertiary/aromatic N) is 1. The Balaban J connectivity index is 1.89. The van der Waals surface area contributed by atoms with Crippen LogP contribution in [0.1, 0.15) is 46.1 Å². The number of nitrogens with two attached hydrogens (primary N) is 1. The monoisotopic (exact) mass is 404 g/mol. The summed E-state index contributed by atoms with van der Waals surface area (Å²) in [6.45, 7) is 8.05. The lowest BCUT2D eigenvalue weighted by Crippen LogP contribution is -2.99. The molecule has 1 aromatic rings. The summed E-state index contributed by atoms with van der Waals surface area (Å²) >= 11 is 6.25. The molecule has 3 amide bonds. The third-order valence-electron chi connectivity index (χ3n) is 6.64. The number of likely N-dealkylation sites (tertiary alicyclic amines) is 1. The first-order valence-electron chi connectivity index (χ1n) is 10.1. The van der Waals surface area contributed by atoms with Crippen LogP contribution < -0.4 is 10.6 Å². The second kappa shape index (κ2) is 6.56. The average Bonchev–Trinajstić information content (AvgIpc) is 3.20. The molecule has 0 aromatic heterocycles. The Hall–Kier alpha value is -1.92. The summed E-state index contributed by atoms with van der Waals surface area (Å²) in [4.78, 5) is 41.5. The molecule has 6 nitrogen and oxygen atoms in total. The summed E-state index contributed by atoms with van der Waals surface area (Å²) in [5.74, 6) is -1.42. The molecule has 3 N–H and O–H groups in total. The number of halogens is 1. The van der Waals surface area contributed by atoms with Crippen LogP contribution in [0.15, 0.2) is 18.2 Å². The molecule has 1 spiro atoms. The van der Waals surface area contributed by atoms with Crippen molar-refractivity contribution in [2.75, 3.05) is 5.32 Å². The van der Waals surface area contributed by atoms with E-state index < -0.39 is 17.4 Å². The van der Waals surface area contributed by atoms with Gasteiger partial charge in [0.25, 0.3) is 5.91 Å². The maximum Gasteiger partial charge on any atom is 0.291 e. The van der Waals surface area contributed by atoms with Crippen molar-refractivity contribution in [3.05, 3.63) is 28.8 Å². The molecule has 2 saturated heterocycles. The predicted molar refractivity (Wildman–Crippen MR) is 106 cm³/mol. The number of rotatable bonds is 4. The Morgan fingerprint density at radius 3 is 2.57 bits per heavy atom.